The predicted molar refractivity (Wildman–Crippen MR) is 184 cm³/mol. The van der Waals surface area contributed by atoms with Gasteiger partial charge in [0.1, 0.15) is 42.2 Å². The number of hydrogen-bond acceptors (Lipinski definition) is 19. The van der Waals surface area contributed by atoms with Gasteiger partial charge in [0.05, 0.1) is 19.5 Å². The maximum atomic E-state index is 12.6. The number of nitrogen functional groups attached to an aromatic ring is 1. The van der Waals surface area contributed by atoms with E-state index in [0.717, 1.165) is 29.0 Å². The smallest absolute Gasteiger partial charge is 0.481 e. The highest BCUT2D eigenvalue weighted by atomic mass is 32.2. The van der Waals surface area contributed by atoms with Crippen LogP contribution < -0.4 is 16.4 Å². The molecule has 0 aromatic carbocycles. The highest BCUT2D eigenvalue weighted by Gasteiger charge is 2.50. The van der Waals surface area contributed by atoms with Crippen molar-refractivity contribution in [2.75, 3.05) is 37.8 Å². The van der Waals surface area contributed by atoms with Gasteiger partial charge in [-0.1, -0.05) is 25.6 Å². The van der Waals surface area contributed by atoms with Crippen LogP contribution in [0.5, 0.6) is 0 Å². The van der Waals surface area contributed by atoms with Gasteiger partial charge in [0.2, 0.25) is 16.9 Å². The number of fused-ring (bicyclic) bond motifs is 1. The molecule has 310 valence electrons. The first-order valence-electron chi connectivity index (χ1n) is 15.6. The molecule has 1 aliphatic heterocycles. The molecule has 11 N–H and O–H groups in total. The van der Waals surface area contributed by atoms with Crippen LogP contribution in [0.2, 0.25) is 0 Å². The van der Waals surface area contributed by atoms with E-state index in [2.05, 4.69) is 34.4 Å². The average molecular weight is 868 g/mol. The van der Waals surface area contributed by atoms with Crippen LogP contribution in [0, 0.1) is 11.3 Å². The van der Waals surface area contributed by atoms with Gasteiger partial charge in [-0.3, -0.25) is 37.3 Å². The Morgan fingerprint density at radius 3 is 2.35 bits per heavy atom. The number of aliphatic carboxylic acids is 1. The number of aliphatic hydroxyl groups is 2. The van der Waals surface area contributed by atoms with Crippen molar-refractivity contribution in [3.05, 3.63) is 12.7 Å². The number of hydrogen-bond donors (Lipinski definition) is 10. The third kappa shape index (κ3) is 13.6. The number of carbonyl (C=O) groups is 4. The number of amides is 2. The first-order chi connectivity index (χ1) is 25.3. The highest BCUT2D eigenvalue weighted by molar-refractivity contribution is 8.13. The maximum Gasteiger partial charge on any atom is 0.481 e. The fraction of sp³-hybridized carbons (Fsp3) is 0.640. The Morgan fingerprint density at radius 1 is 1.05 bits per heavy atom. The van der Waals surface area contributed by atoms with Gasteiger partial charge in [0, 0.05) is 30.7 Å². The molecule has 0 aliphatic carbocycles. The summed E-state index contributed by atoms with van der Waals surface area (Å²) < 4.78 is 61.9. The van der Waals surface area contributed by atoms with E-state index in [1.165, 1.54) is 20.8 Å². The summed E-state index contributed by atoms with van der Waals surface area (Å²) in [7, 11) is -16.4. The van der Waals surface area contributed by atoms with Crippen LogP contribution >= 0.6 is 35.2 Å². The minimum absolute atomic E-state index is 0.0183. The third-order valence-electron chi connectivity index (χ3n) is 7.47. The van der Waals surface area contributed by atoms with Gasteiger partial charge in [-0.05, 0) is 6.92 Å². The molecule has 55 heavy (non-hydrogen) atoms. The largest absolute Gasteiger partial charge is 0.481 e. The summed E-state index contributed by atoms with van der Waals surface area (Å²) in [6.45, 7) is 1.35. The monoisotopic (exact) mass is 867 g/mol. The minimum atomic E-state index is -5.59. The summed E-state index contributed by atoms with van der Waals surface area (Å²) in [6.07, 6.45) is -7.13. The number of carbonyl (C=O) groups excluding carboxylic acids is 3. The van der Waals surface area contributed by atoms with Gasteiger partial charge in [-0.2, -0.15) is 4.31 Å². The molecular formula is C25H40N7O19P3S. The van der Waals surface area contributed by atoms with Crippen LogP contribution in [-0.4, -0.2) is 134 Å². The van der Waals surface area contributed by atoms with Crippen LogP contribution in [0.4, 0.5) is 5.82 Å². The lowest BCUT2D eigenvalue weighted by Gasteiger charge is -2.30. The molecular weight excluding hydrogens is 827 g/mol. The number of nitrogens with zero attached hydrogens (tertiary/aromatic N) is 4. The normalized spacial score (nSPS) is 22.3. The first kappa shape index (κ1) is 46.4. The van der Waals surface area contributed by atoms with Crippen molar-refractivity contribution in [3.8, 4) is 0 Å². The Hall–Kier alpha value is -2.97. The number of phosphoric acid groups is 3. The Morgan fingerprint density at radius 2 is 1.71 bits per heavy atom. The lowest BCUT2D eigenvalue weighted by molar-refractivity contribution is -0.143. The van der Waals surface area contributed by atoms with Crippen LogP contribution in [0.1, 0.15) is 33.4 Å². The number of ether oxygens (including phenoxy) is 1. The number of rotatable bonds is 21. The van der Waals surface area contributed by atoms with E-state index in [1.807, 2.05) is 0 Å². The number of carboxylic acids is 1. The molecule has 1 aliphatic rings. The number of aromatic nitrogens is 4. The molecule has 0 saturated carbocycles. The molecule has 8 atom stereocenters. The van der Waals surface area contributed by atoms with Crippen LogP contribution in [-0.2, 0) is 55.5 Å². The SMILES string of the molecule is C[C@@H](C(=O)O)C(=O)SCCNC(=O)CCNC(=O)[C@H](O)C(C)(C)COP(=O)(O)OP(=O)(O)OCC1OC(n2cnc3c(N)ncnc32)[C@H](O)[C@@H]1OP(=O)(O)O. The van der Waals surface area contributed by atoms with Crippen LogP contribution in [0.3, 0.4) is 0 Å². The zero-order valence-electron chi connectivity index (χ0n) is 29.0. The molecule has 2 amide bonds. The Kier molecular flexibility index (Phi) is 16.0. The number of thioether (sulfide) groups is 1. The number of nitrogens with two attached hydrogens (primary N) is 1. The second kappa shape index (κ2) is 19.0. The average Bonchev–Trinajstić information content (AvgIpc) is 3.64. The Labute approximate surface area is 314 Å². The van der Waals surface area contributed by atoms with E-state index in [-0.39, 0.29) is 42.2 Å². The highest BCUT2D eigenvalue weighted by Crippen LogP contribution is 2.61. The molecule has 0 spiro atoms. The zero-order valence-corrected chi connectivity index (χ0v) is 32.5. The summed E-state index contributed by atoms with van der Waals surface area (Å²) in [4.78, 5) is 97.8. The molecule has 3 rings (SSSR count). The third-order valence-corrected chi connectivity index (χ3v) is 11.6. The van der Waals surface area contributed by atoms with Gasteiger partial charge >= 0.3 is 29.4 Å². The van der Waals surface area contributed by atoms with Gasteiger partial charge in [0.25, 0.3) is 0 Å². The van der Waals surface area contributed by atoms with E-state index in [9.17, 15) is 62.7 Å². The summed E-state index contributed by atoms with van der Waals surface area (Å²) in [5.74, 6) is -4.01. The predicted octanol–water partition coefficient (Wildman–Crippen LogP) is -1.61. The van der Waals surface area contributed by atoms with E-state index in [1.54, 1.807) is 0 Å². The van der Waals surface area contributed by atoms with Crippen molar-refractivity contribution < 1.29 is 90.4 Å². The topological polar surface area (TPSA) is 401 Å². The van der Waals surface area contributed by atoms with Crippen molar-refractivity contribution in [2.24, 2.45) is 11.3 Å². The van der Waals surface area contributed by atoms with Gasteiger partial charge in [-0.25, -0.2) is 28.6 Å². The Bertz CT molecular complexity index is 1860. The molecule has 2 aromatic rings. The van der Waals surface area contributed by atoms with E-state index >= 15 is 0 Å². The van der Waals surface area contributed by atoms with E-state index in [0.29, 0.717) is 0 Å². The number of anilines is 1. The molecule has 1 saturated heterocycles. The number of carboxylic acid groups (broad SMARTS) is 1. The first-order valence-corrected chi connectivity index (χ1v) is 21.1. The number of nitrogens with one attached hydrogen (secondary N) is 2. The van der Waals surface area contributed by atoms with Crippen molar-refractivity contribution in [3.63, 3.8) is 0 Å². The van der Waals surface area contributed by atoms with Gasteiger partial charge in [-0.15, -0.1) is 0 Å². The van der Waals surface area contributed by atoms with E-state index < -0.39 is 102 Å². The summed E-state index contributed by atoms with van der Waals surface area (Å²) in [5.41, 5.74) is 4.19. The van der Waals surface area contributed by atoms with Gasteiger partial charge < -0.3 is 56.0 Å². The van der Waals surface area contributed by atoms with Crippen molar-refractivity contribution in [1.29, 1.82) is 0 Å². The van der Waals surface area contributed by atoms with Crippen molar-refractivity contribution >= 4 is 75.1 Å². The zero-order chi connectivity index (χ0) is 41.5. The fourth-order valence-corrected chi connectivity index (χ4v) is 8.09. The maximum absolute atomic E-state index is 12.6. The summed E-state index contributed by atoms with van der Waals surface area (Å²) >= 11 is 0.726. The standard InChI is InChI=1S/C25H40N7O19P3S/c1-12(23(37)38)24(39)55-7-6-27-14(33)4-5-28-21(36)18(35)25(2,3)9-48-54(45,46)51-53(43,44)47-8-13-17(50-52(40,41)42)16(34)22(49-13)32-11-31-15-19(26)29-10-30-20(15)32/h10-13,16-18,22,34-35H,4-9H2,1-3H3,(H,27,33)(H,28,36)(H,37,38)(H,43,44)(H,45,46)(H2,26,29,30)(H2,40,41,42)/t12-,13?,16+,17+,18-,22?/m0/s1. The lowest BCUT2D eigenvalue weighted by atomic mass is 9.87. The molecule has 4 unspecified atom stereocenters. The molecule has 1 fully saturated rings. The fourth-order valence-electron chi connectivity index (χ4n) is 4.51. The summed E-state index contributed by atoms with van der Waals surface area (Å²) in [5, 5.41) is 34.3. The molecule has 26 nitrogen and oxygen atoms in total. The molecule has 0 radical (unpaired) electrons. The van der Waals surface area contributed by atoms with Crippen molar-refractivity contribution in [1.82, 2.24) is 30.2 Å². The van der Waals surface area contributed by atoms with Crippen LogP contribution in [0.15, 0.2) is 12.7 Å². The molecule has 2 aromatic heterocycles. The second-order valence-corrected chi connectivity index (χ2v) is 17.6. The number of aliphatic hydroxyl groups excluding tert-OH is 2. The Balaban J connectivity index is 1.50. The quantitative estimate of drug-likeness (QED) is 0.0383. The molecule has 30 heteroatoms. The second-order valence-electron chi connectivity index (χ2n) is 12.3. The van der Waals surface area contributed by atoms with Crippen molar-refractivity contribution in [2.45, 2.75) is 57.8 Å². The number of phosphoric ester groups is 3. The van der Waals surface area contributed by atoms with E-state index in [4.69, 9.17) is 24.6 Å². The van der Waals surface area contributed by atoms with Gasteiger partial charge in [0.15, 0.2) is 17.7 Å². The summed E-state index contributed by atoms with van der Waals surface area (Å²) in [6, 6.07) is 0. The molecule has 3 heterocycles. The molecule has 0 bridgehead atoms. The minimum Gasteiger partial charge on any atom is -0.481 e. The lowest BCUT2D eigenvalue weighted by Crippen LogP contribution is -2.46. The number of imidazole rings is 1. The van der Waals surface area contributed by atoms with Crippen LogP contribution in [0.25, 0.3) is 11.2 Å².